The van der Waals surface area contributed by atoms with Crippen molar-refractivity contribution in [3.05, 3.63) is 53.2 Å². The van der Waals surface area contributed by atoms with E-state index in [9.17, 15) is 9.59 Å². The first-order valence-corrected chi connectivity index (χ1v) is 9.52. The van der Waals surface area contributed by atoms with E-state index in [4.69, 9.17) is 0 Å². The van der Waals surface area contributed by atoms with Gasteiger partial charge in [-0.1, -0.05) is 23.9 Å². The fraction of sp³-hybridized carbons (Fsp3) is 0.350. The lowest BCUT2D eigenvalue weighted by Gasteiger charge is -2.34. The van der Waals surface area contributed by atoms with Gasteiger partial charge in [0.2, 0.25) is 5.91 Å². The van der Waals surface area contributed by atoms with Crippen molar-refractivity contribution in [3.63, 3.8) is 0 Å². The molecule has 3 rings (SSSR count). The number of nitrogens with zero attached hydrogens (tertiary/aromatic N) is 3. The Kier molecular flexibility index (Phi) is 5.61. The van der Waals surface area contributed by atoms with E-state index in [0.717, 1.165) is 9.92 Å². The van der Waals surface area contributed by atoms with Crippen LogP contribution in [0.2, 0.25) is 0 Å². The molecule has 1 aromatic heterocycles. The standard InChI is InChI=1S/C20H23N3O2S/c1-14-6-7-15(2)18(13-14)26-19-17(5-4-8-21-19)20(25)23-11-9-22(10-12-23)16(3)24/h4-8,13H,9-12H2,1-3H3. The van der Waals surface area contributed by atoms with Gasteiger partial charge in [0, 0.05) is 44.2 Å². The van der Waals surface area contributed by atoms with E-state index in [0.29, 0.717) is 31.7 Å². The predicted octanol–water partition coefficient (Wildman–Crippen LogP) is 3.15. The summed E-state index contributed by atoms with van der Waals surface area (Å²) in [4.78, 5) is 33.6. The highest BCUT2D eigenvalue weighted by Gasteiger charge is 2.25. The molecule has 0 atom stereocenters. The van der Waals surface area contributed by atoms with E-state index in [1.807, 2.05) is 11.0 Å². The summed E-state index contributed by atoms with van der Waals surface area (Å²) in [5.74, 6) is 0.0405. The van der Waals surface area contributed by atoms with E-state index in [1.54, 1.807) is 24.1 Å². The summed E-state index contributed by atoms with van der Waals surface area (Å²) in [5.41, 5.74) is 2.97. The number of carbonyl (C=O) groups excluding carboxylic acids is 2. The quantitative estimate of drug-likeness (QED) is 0.834. The lowest BCUT2D eigenvalue weighted by molar-refractivity contribution is -0.130. The van der Waals surface area contributed by atoms with Crippen LogP contribution < -0.4 is 0 Å². The van der Waals surface area contributed by atoms with Gasteiger partial charge in [0.25, 0.3) is 5.91 Å². The van der Waals surface area contributed by atoms with Crippen LogP contribution in [0, 0.1) is 13.8 Å². The van der Waals surface area contributed by atoms with Gasteiger partial charge in [-0.15, -0.1) is 0 Å². The van der Waals surface area contributed by atoms with Crippen molar-refractivity contribution in [2.75, 3.05) is 26.2 Å². The van der Waals surface area contributed by atoms with E-state index < -0.39 is 0 Å². The predicted molar refractivity (Wildman–Crippen MR) is 102 cm³/mol. The number of rotatable bonds is 3. The topological polar surface area (TPSA) is 53.5 Å². The number of benzene rings is 1. The summed E-state index contributed by atoms with van der Waals surface area (Å²) >= 11 is 1.53. The average molecular weight is 369 g/mol. The largest absolute Gasteiger partial charge is 0.339 e. The first-order chi connectivity index (χ1) is 12.5. The van der Waals surface area contributed by atoms with Gasteiger partial charge >= 0.3 is 0 Å². The minimum absolute atomic E-state index is 0.0193. The van der Waals surface area contributed by atoms with Gasteiger partial charge < -0.3 is 9.80 Å². The maximum absolute atomic E-state index is 13.0. The summed E-state index contributed by atoms with van der Waals surface area (Å²) < 4.78 is 0. The Hall–Kier alpha value is -2.34. The monoisotopic (exact) mass is 369 g/mol. The Morgan fingerprint density at radius 1 is 1.04 bits per heavy atom. The van der Waals surface area contributed by atoms with Crippen LogP contribution in [0.15, 0.2) is 46.5 Å². The lowest BCUT2D eigenvalue weighted by atomic mass is 10.2. The molecule has 1 aromatic carbocycles. The molecule has 0 N–H and O–H groups in total. The van der Waals surface area contributed by atoms with Gasteiger partial charge in [0.15, 0.2) is 0 Å². The molecule has 2 aromatic rings. The molecule has 5 nitrogen and oxygen atoms in total. The van der Waals surface area contributed by atoms with Crippen molar-refractivity contribution in [1.82, 2.24) is 14.8 Å². The Morgan fingerprint density at radius 3 is 2.42 bits per heavy atom. The van der Waals surface area contributed by atoms with Crippen LogP contribution in [0.1, 0.15) is 28.4 Å². The number of amides is 2. The van der Waals surface area contributed by atoms with Crippen LogP contribution in [0.5, 0.6) is 0 Å². The van der Waals surface area contributed by atoms with E-state index in [-0.39, 0.29) is 11.8 Å². The summed E-state index contributed by atoms with van der Waals surface area (Å²) in [6.45, 7) is 7.97. The van der Waals surface area contributed by atoms with Crippen LogP contribution in [0.3, 0.4) is 0 Å². The first-order valence-electron chi connectivity index (χ1n) is 8.70. The summed E-state index contributed by atoms with van der Waals surface area (Å²) in [5, 5.41) is 0.722. The van der Waals surface area contributed by atoms with Gasteiger partial charge in [-0.05, 0) is 43.2 Å². The van der Waals surface area contributed by atoms with Gasteiger partial charge in [-0.25, -0.2) is 4.98 Å². The number of piperazine rings is 1. The Morgan fingerprint density at radius 2 is 1.73 bits per heavy atom. The smallest absolute Gasteiger partial charge is 0.256 e. The molecule has 6 heteroatoms. The normalized spacial score (nSPS) is 14.4. The molecular formula is C20H23N3O2S. The van der Waals surface area contributed by atoms with Crippen molar-refractivity contribution in [1.29, 1.82) is 0 Å². The minimum atomic E-state index is -0.0193. The zero-order valence-electron chi connectivity index (χ0n) is 15.4. The van der Waals surface area contributed by atoms with Gasteiger partial charge in [0.1, 0.15) is 5.03 Å². The molecule has 0 saturated carbocycles. The molecule has 136 valence electrons. The number of hydrogen-bond donors (Lipinski definition) is 0. The maximum Gasteiger partial charge on any atom is 0.256 e. The Bertz CT molecular complexity index is 830. The zero-order chi connectivity index (χ0) is 18.7. The van der Waals surface area contributed by atoms with Crippen molar-refractivity contribution in [2.24, 2.45) is 0 Å². The molecule has 1 aliphatic rings. The third-order valence-electron chi connectivity index (χ3n) is 4.56. The van der Waals surface area contributed by atoms with Gasteiger partial charge in [-0.2, -0.15) is 0 Å². The molecule has 0 unspecified atom stereocenters. The molecule has 0 spiro atoms. The average Bonchev–Trinajstić information content (AvgIpc) is 2.64. The molecule has 1 fully saturated rings. The molecule has 1 aliphatic heterocycles. The number of pyridine rings is 1. The van der Waals surface area contributed by atoms with E-state index >= 15 is 0 Å². The Labute approximate surface area is 158 Å². The third kappa shape index (κ3) is 4.07. The molecule has 0 radical (unpaired) electrons. The van der Waals surface area contributed by atoms with Crippen molar-refractivity contribution < 1.29 is 9.59 Å². The third-order valence-corrected chi connectivity index (χ3v) is 5.74. The summed E-state index contributed by atoms with van der Waals surface area (Å²) in [6, 6.07) is 9.92. The minimum Gasteiger partial charge on any atom is -0.339 e. The van der Waals surface area contributed by atoms with Crippen LogP contribution in [-0.2, 0) is 4.79 Å². The second kappa shape index (κ2) is 7.91. The molecule has 0 aliphatic carbocycles. The zero-order valence-corrected chi connectivity index (χ0v) is 16.2. The molecule has 0 bridgehead atoms. The Balaban J connectivity index is 1.80. The molecule has 2 amide bonds. The second-order valence-corrected chi connectivity index (χ2v) is 7.56. The van der Waals surface area contributed by atoms with Crippen LogP contribution >= 0.6 is 11.8 Å². The fourth-order valence-corrected chi connectivity index (χ4v) is 4.01. The van der Waals surface area contributed by atoms with Crippen LogP contribution in [0.4, 0.5) is 0 Å². The van der Waals surface area contributed by atoms with Gasteiger partial charge in [-0.3, -0.25) is 9.59 Å². The summed E-state index contributed by atoms with van der Waals surface area (Å²) in [7, 11) is 0. The fourth-order valence-electron chi connectivity index (χ4n) is 2.95. The molecule has 2 heterocycles. The highest BCUT2D eigenvalue weighted by molar-refractivity contribution is 7.99. The number of hydrogen-bond acceptors (Lipinski definition) is 4. The number of aryl methyl sites for hydroxylation is 2. The van der Waals surface area contributed by atoms with Gasteiger partial charge in [0.05, 0.1) is 5.56 Å². The summed E-state index contributed by atoms with van der Waals surface area (Å²) in [6.07, 6.45) is 1.72. The van der Waals surface area contributed by atoms with Crippen molar-refractivity contribution >= 4 is 23.6 Å². The highest BCUT2D eigenvalue weighted by Crippen LogP contribution is 2.32. The molecular weight excluding hydrogens is 346 g/mol. The number of aromatic nitrogens is 1. The molecule has 1 saturated heterocycles. The first kappa shape index (κ1) is 18.5. The number of carbonyl (C=O) groups is 2. The van der Waals surface area contributed by atoms with Crippen LogP contribution in [0.25, 0.3) is 0 Å². The van der Waals surface area contributed by atoms with Crippen molar-refractivity contribution in [2.45, 2.75) is 30.7 Å². The second-order valence-electron chi connectivity index (χ2n) is 6.53. The molecule has 26 heavy (non-hydrogen) atoms. The lowest BCUT2D eigenvalue weighted by Crippen LogP contribution is -2.50. The van der Waals surface area contributed by atoms with E-state index in [2.05, 4.69) is 37.0 Å². The highest BCUT2D eigenvalue weighted by atomic mass is 32.2. The van der Waals surface area contributed by atoms with Crippen LogP contribution in [-0.4, -0.2) is 52.8 Å². The SMILES string of the molecule is CC(=O)N1CCN(C(=O)c2cccnc2Sc2cc(C)ccc2C)CC1. The maximum atomic E-state index is 13.0. The van der Waals surface area contributed by atoms with E-state index in [1.165, 1.54) is 22.9 Å². The van der Waals surface area contributed by atoms with Crippen molar-refractivity contribution in [3.8, 4) is 0 Å².